The summed E-state index contributed by atoms with van der Waals surface area (Å²) < 4.78 is 1.70. The Hall–Kier alpha value is -2.93. The first kappa shape index (κ1) is 20.4. The summed E-state index contributed by atoms with van der Waals surface area (Å²) in [5.41, 5.74) is 16.3. The number of aryl methyl sites for hydroxylation is 1. The number of aromatic nitrogens is 4. The minimum atomic E-state index is -0.548. The van der Waals surface area contributed by atoms with Crippen LogP contribution in [0.25, 0.3) is 17.1 Å². The number of nitrogen functional groups attached to an aromatic ring is 1. The van der Waals surface area contributed by atoms with Crippen LogP contribution in [0, 0.1) is 6.92 Å². The number of anilines is 1. The number of rotatable bonds is 6. The molecule has 3 aromatic rings. The van der Waals surface area contributed by atoms with Gasteiger partial charge in [-0.15, -0.1) is 12.4 Å². The Morgan fingerprint density at radius 2 is 2.07 bits per heavy atom. The number of halogens is 1. The first-order valence-corrected chi connectivity index (χ1v) is 8.57. The Labute approximate surface area is 164 Å². The number of carbonyl (C=O) groups excluding carboxylic acids is 1. The molecule has 1 amide bonds. The minimum Gasteiger partial charge on any atom is -0.397 e. The monoisotopic (exact) mass is 386 g/mol. The Morgan fingerprint density at radius 1 is 1.30 bits per heavy atom. The maximum absolute atomic E-state index is 12.0. The molecule has 7 nitrogen and oxygen atoms in total. The van der Waals surface area contributed by atoms with Gasteiger partial charge in [0, 0.05) is 11.8 Å². The van der Waals surface area contributed by atoms with Crippen LogP contribution in [0.15, 0.2) is 36.8 Å². The van der Waals surface area contributed by atoms with E-state index in [2.05, 4.69) is 22.0 Å². The standard InChI is InChI=1S/C19H22N6O.ClH/c1-3-4-7-15-17(19(21)26)24-25(14-6-5-8-22-11-14)18(15)16-12(2)9-13(20)10-23-16;/h5-6,8-11H,3-4,7,20H2,1-2H3,(H2,21,26);1H. The smallest absolute Gasteiger partial charge is 0.269 e. The Kier molecular flexibility index (Phi) is 6.52. The van der Waals surface area contributed by atoms with Crippen molar-refractivity contribution in [1.82, 2.24) is 19.7 Å². The van der Waals surface area contributed by atoms with Gasteiger partial charge in [-0.2, -0.15) is 5.10 Å². The molecule has 0 aromatic carbocycles. The van der Waals surface area contributed by atoms with E-state index >= 15 is 0 Å². The predicted molar refractivity (Wildman–Crippen MR) is 108 cm³/mol. The summed E-state index contributed by atoms with van der Waals surface area (Å²) in [7, 11) is 0. The summed E-state index contributed by atoms with van der Waals surface area (Å²) in [6.07, 6.45) is 7.58. The molecule has 0 radical (unpaired) electrons. The molecule has 0 aliphatic heterocycles. The van der Waals surface area contributed by atoms with E-state index in [-0.39, 0.29) is 18.1 Å². The van der Waals surface area contributed by atoms with E-state index in [9.17, 15) is 4.79 Å². The molecule has 4 N–H and O–H groups in total. The SMILES string of the molecule is CCCCc1c(C(N)=O)nn(-c2cccnc2)c1-c1ncc(N)cc1C.Cl. The lowest BCUT2D eigenvalue weighted by Gasteiger charge is -2.12. The summed E-state index contributed by atoms with van der Waals surface area (Å²) in [5.74, 6) is -0.548. The van der Waals surface area contributed by atoms with Gasteiger partial charge in [0.25, 0.3) is 5.91 Å². The third kappa shape index (κ3) is 4.09. The highest BCUT2D eigenvalue weighted by molar-refractivity contribution is 5.94. The predicted octanol–water partition coefficient (Wildman–Crippen LogP) is 3.08. The molecule has 0 bridgehead atoms. The molecule has 27 heavy (non-hydrogen) atoms. The van der Waals surface area contributed by atoms with Gasteiger partial charge < -0.3 is 11.5 Å². The Morgan fingerprint density at radius 3 is 2.67 bits per heavy atom. The van der Waals surface area contributed by atoms with E-state index in [1.807, 2.05) is 25.1 Å². The normalized spacial score (nSPS) is 10.4. The third-order valence-electron chi connectivity index (χ3n) is 4.21. The number of carbonyl (C=O) groups is 1. The maximum atomic E-state index is 12.0. The fraction of sp³-hybridized carbons (Fsp3) is 0.263. The summed E-state index contributed by atoms with van der Waals surface area (Å²) in [6, 6.07) is 5.56. The van der Waals surface area contributed by atoms with Crippen LogP contribution in [0.4, 0.5) is 5.69 Å². The van der Waals surface area contributed by atoms with E-state index in [1.165, 1.54) is 0 Å². The van der Waals surface area contributed by atoms with E-state index in [0.29, 0.717) is 12.1 Å². The average Bonchev–Trinajstić information content (AvgIpc) is 3.00. The van der Waals surface area contributed by atoms with E-state index in [1.54, 1.807) is 23.3 Å². The van der Waals surface area contributed by atoms with Crippen molar-refractivity contribution in [3.8, 4) is 17.1 Å². The van der Waals surface area contributed by atoms with Gasteiger partial charge in [0.05, 0.1) is 35.2 Å². The Bertz CT molecular complexity index is 939. The molecular formula is C19H23ClN6O. The fourth-order valence-corrected chi connectivity index (χ4v) is 2.99. The number of hydrogen-bond donors (Lipinski definition) is 2. The third-order valence-corrected chi connectivity index (χ3v) is 4.21. The second-order valence-corrected chi connectivity index (χ2v) is 6.20. The van der Waals surface area contributed by atoms with Crippen molar-refractivity contribution >= 4 is 24.0 Å². The zero-order valence-corrected chi connectivity index (χ0v) is 16.2. The van der Waals surface area contributed by atoms with Crippen molar-refractivity contribution in [3.63, 3.8) is 0 Å². The van der Waals surface area contributed by atoms with Crippen molar-refractivity contribution in [1.29, 1.82) is 0 Å². The zero-order chi connectivity index (χ0) is 18.7. The van der Waals surface area contributed by atoms with Gasteiger partial charge in [0.1, 0.15) is 0 Å². The minimum absolute atomic E-state index is 0. The molecule has 0 saturated heterocycles. The summed E-state index contributed by atoms with van der Waals surface area (Å²) >= 11 is 0. The van der Waals surface area contributed by atoms with Crippen LogP contribution in [0.5, 0.6) is 0 Å². The first-order chi connectivity index (χ1) is 12.5. The number of pyridine rings is 2. The molecule has 142 valence electrons. The van der Waals surface area contributed by atoms with Gasteiger partial charge in [-0.3, -0.25) is 14.8 Å². The van der Waals surface area contributed by atoms with Gasteiger partial charge in [-0.25, -0.2) is 4.68 Å². The molecule has 0 aliphatic rings. The average molecular weight is 387 g/mol. The summed E-state index contributed by atoms with van der Waals surface area (Å²) in [5, 5.41) is 4.50. The van der Waals surface area contributed by atoms with E-state index in [4.69, 9.17) is 11.5 Å². The second-order valence-electron chi connectivity index (χ2n) is 6.20. The van der Waals surface area contributed by atoms with Gasteiger partial charge in [0.2, 0.25) is 0 Å². The molecule has 8 heteroatoms. The molecule has 3 rings (SSSR count). The first-order valence-electron chi connectivity index (χ1n) is 8.57. The number of nitrogens with two attached hydrogens (primary N) is 2. The number of amides is 1. The zero-order valence-electron chi connectivity index (χ0n) is 15.3. The molecule has 0 spiro atoms. The number of nitrogens with zero attached hydrogens (tertiary/aromatic N) is 4. The molecule has 0 aliphatic carbocycles. The van der Waals surface area contributed by atoms with Crippen LogP contribution in [0.3, 0.4) is 0 Å². The highest BCUT2D eigenvalue weighted by atomic mass is 35.5. The van der Waals surface area contributed by atoms with Gasteiger partial charge in [-0.05, 0) is 43.5 Å². The van der Waals surface area contributed by atoms with Gasteiger partial charge in [-0.1, -0.05) is 13.3 Å². The van der Waals surface area contributed by atoms with Crippen LogP contribution in [-0.2, 0) is 6.42 Å². The summed E-state index contributed by atoms with van der Waals surface area (Å²) in [4.78, 5) is 20.7. The molecular weight excluding hydrogens is 364 g/mol. The van der Waals surface area contributed by atoms with Crippen molar-refractivity contribution < 1.29 is 4.79 Å². The molecule has 0 atom stereocenters. The van der Waals surface area contributed by atoms with Crippen molar-refractivity contribution in [3.05, 3.63) is 53.6 Å². The second kappa shape index (κ2) is 8.64. The van der Waals surface area contributed by atoms with E-state index in [0.717, 1.165) is 41.0 Å². The highest BCUT2D eigenvalue weighted by Gasteiger charge is 2.25. The topological polar surface area (TPSA) is 113 Å². The largest absolute Gasteiger partial charge is 0.397 e. The van der Waals surface area contributed by atoms with Crippen LogP contribution >= 0.6 is 12.4 Å². The molecule has 0 fully saturated rings. The fourth-order valence-electron chi connectivity index (χ4n) is 2.99. The van der Waals surface area contributed by atoms with Gasteiger partial charge >= 0.3 is 0 Å². The van der Waals surface area contributed by atoms with Crippen LogP contribution in [0.2, 0.25) is 0 Å². The van der Waals surface area contributed by atoms with Crippen molar-refractivity contribution in [2.24, 2.45) is 5.73 Å². The lowest BCUT2D eigenvalue weighted by atomic mass is 10.0. The van der Waals surface area contributed by atoms with Crippen LogP contribution < -0.4 is 11.5 Å². The lowest BCUT2D eigenvalue weighted by molar-refractivity contribution is 0.0994. The Balaban J connectivity index is 0.00000261. The highest BCUT2D eigenvalue weighted by Crippen LogP contribution is 2.31. The van der Waals surface area contributed by atoms with E-state index < -0.39 is 5.91 Å². The van der Waals surface area contributed by atoms with Crippen molar-refractivity contribution in [2.75, 3.05) is 5.73 Å². The van der Waals surface area contributed by atoms with Crippen molar-refractivity contribution in [2.45, 2.75) is 33.1 Å². The van der Waals surface area contributed by atoms with Crippen LogP contribution in [0.1, 0.15) is 41.4 Å². The molecule has 0 saturated carbocycles. The van der Waals surface area contributed by atoms with Crippen LogP contribution in [-0.4, -0.2) is 25.7 Å². The maximum Gasteiger partial charge on any atom is 0.269 e. The molecule has 0 unspecified atom stereocenters. The summed E-state index contributed by atoms with van der Waals surface area (Å²) in [6.45, 7) is 4.04. The van der Waals surface area contributed by atoms with Gasteiger partial charge in [0.15, 0.2) is 5.69 Å². The quantitative estimate of drug-likeness (QED) is 0.675. The number of unbranched alkanes of at least 4 members (excludes halogenated alkanes) is 1. The molecule has 3 aromatic heterocycles. The lowest BCUT2D eigenvalue weighted by Crippen LogP contribution is -2.14. The number of primary amides is 1. The number of hydrogen-bond acceptors (Lipinski definition) is 5. The molecule has 3 heterocycles.